The van der Waals surface area contributed by atoms with Crippen molar-refractivity contribution in [1.29, 1.82) is 0 Å². The lowest BCUT2D eigenvalue weighted by Crippen LogP contribution is -2.63. The summed E-state index contributed by atoms with van der Waals surface area (Å²) < 4.78 is 13.9. The molecule has 3 heterocycles. The van der Waals surface area contributed by atoms with E-state index in [9.17, 15) is 23.9 Å². The van der Waals surface area contributed by atoms with E-state index in [4.69, 9.17) is 11.6 Å². The molecule has 8 nitrogen and oxygen atoms in total. The van der Waals surface area contributed by atoms with Gasteiger partial charge in [0.1, 0.15) is 17.2 Å². The Morgan fingerprint density at radius 2 is 1.97 bits per heavy atom. The summed E-state index contributed by atoms with van der Waals surface area (Å²) >= 11 is 6.05. The average molecular weight is 517 g/mol. The zero-order valence-electron chi connectivity index (χ0n) is 20.3. The summed E-state index contributed by atoms with van der Waals surface area (Å²) in [5, 5.41) is 13.2. The second kappa shape index (κ2) is 10.5. The van der Waals surface area contributed by atoms with Crippen LogP contribution in [0.3, 0.4) is 0 Å². The topological polar surface area (TPSA) is 103 Å². The monoisotopic (exact) mass is 516 g/mol. The third kappa shape index (κ3) is 4.69. The number of benzene rings is 1. The predicted molar refractivity (Wildman–Crippen MR) is 134 cm³/mol. The molecule has 0 aliphatic carbocycles. The molecule has 0 radical (unpaired) electrons. The average Bonchev–Trinajstić information content (AvgIpc) is 3.31. The number of carboxylic acid groups (broad SMARTS) is 1. The summed E-state index contributed by atoms with van der Waals surface area (Å²) in [6.45, 7) is 5.07. The Bertz CT molecular complexity index is 1150. The zero-order valence-corrected chi connectivity index (χ0v) is 21.1. The number of ketones is 2. The lowest BCUT2D eigenvalue weighted by Gasteiger charge is -2.45. The molecule has 4 rings (SSSR count). The third-order valence-corrected chi connectivity index (χ3v) is 7.75. The zero-order chi connectivity index (χ0) is 26.0. The van der Waals surface area contributed by atoms with E-state index in [-0.39, 0.29) is 35.6 Å². The maximum absolute atomic E-state index is 14.2. The Kier molecular flexibility index (Phi) is 7.61. The molecule has 1 amide bonds. The minimum Gasteiger partial charge on any atom is -0.465 e. The highest BCUT2D eigenvalue weighted by atomic mass is 35.5. The third-order valence-electron chi connectivity index (χ3n) is 7.47. The molecule has 2 aliphatic rings. The summed E-state index contributed by atoms with van der Waals surface area (Å²) in [5.41, 5.74) is -0.151. The molecule has 2 fully saturated rings. The van der Waals surface area contributed by atoms with Crippen molar-refractivity contribution in [1.82, 2.24) is 15.2 Å². The number of nitrogens with zero attached hydrogens (tertiary/aromatic N) is 3. The molecule has 2 saturated heterocycles. The first-order valence-corrected chi connectivity index (χ1v) is 12.5. The van der Waals surface area contributed by atoms with Crippen molar-refractivity contribution in [3.05, 3.63) is 58.5 Å². The first-order chi connectivity index (χ1) is 17.2. The highest BCUT2D eigenvalue weighted by Gasteiger charge is 2.56. The Hall–Kier alpha value is -3.04. The molecule has 1 aromatic carbocycles. The van der Waals surface area contributed by atoms with Crippen LogP contribution in [0.4, 0.5) is 15.0 Å². The fourth-order valence-corrected chi connectivity index (χ4v) is 5.78. The number of Topliss-reactive ketones (excluding diaryl/α,β-unsaturated/α-hetero) is 2. The summed E-state index contributed by atoms with van der Waals surface area (Å²) in [6.07, 6.45) is 1.48. The van der Waals surface area contributed by atoms with Crippen LogP contribution in [0.1, 0.15) is 48.5 Å². The van der Waals surface area contributed by atoms with Gasteiger partial charge in [0.05, 0.1) is 5.02 Å². The van der Waals surface area contributed by atoms with E-state index in [0.29, 0.717) is 43.6 Å². The van der Waals surface area contributed by atoms with Crippen molar-refractivity contribution in [3.8, 4) is 0 Å². The molecular formula is C26H30ClFN4O4. The van der Waals surface area contributed by atoms with Gasteiger partial charge in [-0.25, -0.2) is 14.2 Å². The number of likely N-dealkylation sites (N-methyl/N-ethyl adjacent to an activating group) is 1. The number of hydrogen-bond donors (Lipinski definition) is 2. The molecule has 2 atom stereocenters. The lowest BCUT2D eigenvalue weighted by atomic mass is 9.71. The number of carbonyl (C=O) groups excluding carboxylic acids is 2. The van der Waals surface area contributed by atoms with Crippen LogP contribution in [0.25, 0.3) is 0 Å². The number of hydrogen-bond acceptors (Lipinski definition) is 6. The number of piperidine rings is 1. The molecule has 10 heteroatoms. The molecule has 2 N–H and O–H groups in total. The number of amides is 1. The van der Waals surface area contributed by atoms with E-state index in [0.717, 1.165) is 5.82 Å². The quantitative estimate of drug-likeness (QED) is 0.536. The normalized spacial score (nSPS) is 22.4. The van der Waals surface area contributed by atoms with Gasteiger partial charge >= 0.3 is 6.09 Å². The number of aromatic nitrogens is 1. The lowest BCUT2D eigenvalue weighted by molar-refractivity contribution is -0.135. The number of anilines is 1. The standard InChI is InChI=1S/C26H30ClFN4O4/c1-3-32(25(35)36)26(15-29-14-20(26)18-4-6-22(28)21(27)12-18)24(34)17-8-10-31(11-9-17)23-7-5-19(13-30-23)16(2)33/h4-7,12-13,17,20,29H,3,8-11,14-15H2,1-2H3,(H,35,36)/t20-,26+/m0/s1. The van der Waals surface area contributed by atoms with Gasteiger partial charge in [-0.15, -0.1) is 0 Å². The van der Waals surface area contributed by atoms with Crippen LogP contribution in [0.15, 0.2) is 36.5 Å². The van der Waals surface area contributed by atoms with E-state index < -0.39 is 23.4 Å². The predicted octanol–water partition coefficient (Wildman–Crippen LogP) is 3.99. The van der Waals surface area contributed by atoms with Gasteiger partial charge in [-0.05, 0) is 56.5 Å². The number of nitrogens with one attached hydrogen (secondary N) is 1. The van der Waals surface area contributed by atoms with E-state index in [1.54, 1.807) is 31.3 Å². The Balaban J connectivity index is 1.60. The Morgan fingerprint density at radius 3 is 2.53 bits per heavy atom. The molecule has 36 heavy (non-hydrogen) atoms. The van der Waals surface area contributed by atoms with Gasteiger partial charge in [-0.2, -0.15) is 0 Å². The number of halogens is 2. The minimum absolute atomic E-state index is 0.0512. The maximum Gasteiger partial charge on any atom is 0.408 e. The first kappa shape index (κ1) is 26.0. The Labute approximate surface area is 214 Å². The summed E-state index contributed by atoms with van der Waals surface area (Å²) in [5.74, 6) is -0.845. The first-order valence-electron chi connectivity index (χ1n) is 12.1. The molecule has 192 valence electrons. The van der Waals surface area contributed by atoms with E-state index in [2.05, 4.69) is 15.2 Å². The SMILES string of the molecule is CCN(C(=O)O)[C@]1(C(=O)C2CCN(c3ccc(C(C)=O)cn3)CC2)CNC[C@H]1c1ccc(F)c(Cl)c1. The molecular weight excluding hydrogens is 487 g/mol. The molecule has 2 aliphatic heterocycles. The largest absolute Gasteiger partial charge is 0.465 e. The fraction of sp³-hybridized carbons (Fsp3) is 0.462. The molecule has 1 aromatic heterocycles. The van der Waals surface area contributed by atoms with Gasteiger partial charge in [-0.3, -0.25) is 14.5 Å². The molecule has 0 bridgehead atoms. The van der Waals surface area contributed by atoms with Gasteiger partial charge in [-0.1, -0.05) is 17.7 Å². The minimum atomic E-state index is -1.32. The number of carbonyl (C=O) groups is 3. The number of pyridine rings is 1. The van der Waals surface area contributed by atoms with Crippen LogP contribution in [-0.4, -0.2) is 70.9 Å². The number of rotatable bonds is 7. The van der Waals surface area contributed by atoms with E-state index in [1.807, 2.05) is 0 Å². The molecule has 0 saturated carbocycles. The molecule has 0 unspecified atom stereocenters. The highest BCUT2D eigenvalue weighted by molar-refractivity contribution is 6.30. The van der Waals surface area contributed by atoms with Gasteiger partial charge in [0.25, 0.3) is 0 Å². The van der Waals surface area contributed by atoms with Crippen molar-refractivity contribution in [2.24, 2.45) is 5.92 Å². The van der Waals surface area contributed by atoms with Crippen LogP contribution in [-0.2, 0) is 4.79 Å². The van der Waals surface area contributed by atoms with Crippen LogP contribution in [0, 0.1) is 11.7 Å². The van der Waals surface area contributed by atoms with Crippen LogP contribution in [0.2, 0.25) is 5.02 Å². The van der Waals surface area contributed by atoms with Crippen LogP contribution < -0.4 is 10.2 Å². The van der Waals surface area contributed by atoms with Crippen molar-refractivity contribution >= 4 is 35.1 Å². The fourth-order valence-electron chi connectivity index (χ4n) is 5.59. The van der Waals surface area contributed by atoms with Gasteiger partial charge in [0, 0.05) is 56.3 Å². The molecule has 2 aromatic rings. The highest BCUT2D eigenvalue weighted by Crippen LogP contribution is 2.42. The van der Waals surface area contributed by atoms with Gasteiger partial charge < -0.3 is 15.3 Å². The molecule has 0 spiro atoms. The summed E-state index contributed by atoms with van der Waals surface area (Å²) in [4.78, 5) is 45.8. The van der Waals surface area contributed by atoms with Crippen molar-refractivity contribution in [2.75, 3.05) is 37.6 Å². The van der Waals surface area contributed by atoms with Crippen molar-refractivity contribution < 1.29 is 23.9 Å². The summed E-state index contributed by atoms with van der Waals surface area (Å²) in [6, 6.07) is 7.87. The van der Waals surface area contributed by atoms with Crippen LogP contribution in [0.5, 0.6) is 0 Å². The van der Waals surface area contributed by atoms with Crippen molar-refractivity contribution in [2.45, 2.75) is 38.1 Å². The second-order valence-corrected chi connectivity index (χ2v) is 9.80. The van der Waals surface area contributed by atoms with Gasteiger partial charge in [0.2, 0.25) is 0 Å². The Morgan fingerprint density at radius 1 is 1.25 bits per heavy atom. The van der Waals surface area contributed by atoms with E-state index >= 15 is 0 Å². The van der Waals surface area contributed by atoms with E-state index in [1.165, 1.54) is 24.0 Å². The maximum atomic E-state index is 14.2. The van der Waals surface area contributed by atoms with Crippen LogP contribution >= 0.6 is 11.6 Å². The summed E-state index contributed by atoms with van der Waals surface area (Å²) in [7, 11) is 0. The second-order valence-electron chi connectivity index (χ2n) is 9.39. The van der Waals surface area contributed by atoms with Gasteiger partial charge in [0.15, 0.2) is 11.6 Å². The van der Waals surface area contributed by atoms with Crippen molar-refractivity contribution in [3.63, 3.8) is 0 Å². The smallest absolute Gasteiger partial charge is 0.408 e.